The number of ether oxygens (including phenoxy) is 2. The Morgan fingerprint density at radius 2 is 1.85 bits per heavy atom. The molecule has 0 aliphatic heterocycles. The average Bonchev–Trinajstić information content (AvgIpc) is 3.22. The van der Waals surface area contributed by atoms with Crippen LogP contribution in [0, 0.1) is 24.2 Å². The van der Waals surface area contributed by atoms with E-state index in [4.69, 9.17) is 9.47 Å². The van der Waals surface area contributed by atoms with E-state index in [1.807, 2.05) is 37.3 Å². The number of aromatic nitrogens is 2. The molecule has 3 aromatic rings. The number of hydrogen-bond donors (Lipinski definition) is 1. The van der Waals surface area contributed by atoms with Gasteiger partial charge in [-0.2, -0.15) is 5.26 Å². The topological polar surface area (TPSA) is 97.1 Å². The standard InChI is InChI=1S/C25H26N4O3S/c1-17(2)14-23-28-29-25(33-23)27-24(30)20(16-26)15-19-8-10-21(11-9-19)31-12-13-32-22-7-5-4-6-18(22)3/h4-11,15,17H,12-14H2,1-3H3,(H,27,29,30)/b20-15-. The molecule has 0 aliphatic carbocycles. The van der Waals surface area contributed by atoms with Gasteiger partial charge in [0.25, 0.3) is 5.91 Å². The number of anilines is 1. The number of hydrogen-bond acceptors (Lipinski definition) is 7. The summed E-state index contributed by atoms with van der Waals surface area (Å²) in [5.41, 5.74) is 1.77. The van der Waals surface area contributed by atoms with Crippen molar-refractivity contribution >= 4 is 28.5 Å². The smallest absolute Gasteiger partial charge is 0.268 e. The minimum absolute atomic E-state index is 0.0177. The molecule has 3 rings (SSSR count). The minimum Gasteiger partial charge on any atom is -0.490 e. The van der Waals surface area contributed by atoms with Crippen LogP contribution < -0.4 is 14.8 Å². The number of amides is 1. The van der Waals surface area contributed by atoms with E-state index in [0.29, 0.717) is 35.6 Å². The van der Waals surface area contributed by atoms with E-state index in [1.165, 1.54) is 17.4 Å². The second kappa shape index (κ2) is 11.8. The van der Waals surface area contributed by atoms with Crippen LogP contribution in [0.5, 0.6) is 11.5 Å². The molecule has 1 aromatic heterocycles. The van der Waals surface area contributed by atoms with Gasteiger partial charge >= 0.3 is 0 Å². The van der Waals surface area contributed by atoms with Crippen LogP contribution in [-0.2, 0) is 11.2 Å². The number of aryl methyl sites for hydroxylation is 1. The molecular weight excluding hydrogens is 436 g/mol. The van der Waals surface area contributed by atoms with Crippen molar-refractivity contribution in [2.75, 3.05) is 18.5 Å². The maximum Gasteiger partial charge on any atom is 0.268 e. The Labute approximate surface area is 197 Å². The molecule has 170 valence electrons. The lowest BCUT2D eigenvalue weighted by atomic mass is 10.1. The van der Waals surface area contributed by atoms with E-state index in [-0.39, 0.29) is 5.57 Å². The fourth-order valence-corrected chi connectivity index (χ4v) is 3.85. The number of carbonyl (C=O) groups excluding carboxylic acids is 1. The van der Waals surface area contributed by atoms with Crippen molar-refractivity contribution in [2.45, 2.75) is 27.2 Å². The first-order valence-corrected chi connectivity index (χ1v) is 11.4. The van der Waals surface area contributed by atoms with Crippen molar-refractivity contribution in [1.82, 2.24) is 10.2 Å². The van der Waals surface area contributed by atoms with Gasteiger partial charge in [-0.25, -0.2) is 0 Å². The molecule has 1 amide bonds. The Balaban J connectivity index is 1.52. The van der Waals surface area contributed by atoms with Crippen molar-refractivity contribution in [3.63, 3.8) is 0 Å². The number of para-hydroxylation sites is 1. The second-order valence-electron chi connectivity index (χ2n) is 7.75. The van der Waals surface area contributed by atoms with Gasteiger partial charge in [-0.15, -0.1) is 10.2 Å². The van der Waals surface area contributed by atoms with E-state index in [2.05, 4.69) is 29.4 Å². The van der Waals surface area contributed by atoms with E-state index in [9.17, 15) is 10.1 Å². The van der Waals surface area contributed by atoms with Crippen molar-refractivity contribution in [3.8, 4) is 17.6 Å². The normalized spacial score (nSPS) is 11.2. The van der Waals surface area contributed by atoms with E-state index >= 15 is 0 Å². The molecule has 0 unspecified atom stereocenters. The summed E-state index contributed by atoms with van der Waals surface area (Å²) in [6, 6.07) is 16.9. The lowest BCUT2D eigenvalue weighted by molar-refractivity contribution is -0.112. The zero-order valence-corrected chi connectivity index (χ0v) is 19.7. The SMILES string of the molecule is Cc1ccccc1OCCOc1ccc(/C=C(/C#N)C(=O)Nc2nnc(CC(C)C)s2)cc1. The summed E-state index contributed by atoms with van der Waals surface area (Å²) in [6.45, 7) is 7.00. The van der Waals surface area contributed by atoms with Crippen molar-refractivity contribution < 1.29 is 14.3 Å². The number of rotatable bonds is 10. The van der Waals surface area contributed by atoms with Gasteiger partial charge in [0.2, 0.25) is 5.13 Å². The summed E-state index contributed by atoms with van der Waals surface area (Å²) in [6.07, 6.45) is 2.32. The molecule has 0 fully saturated rings. The van der Waals surface area contributed by atoms with E-state index in [1.54, 1.807) is 24.3 Å². The van der Waals surface area contributed by atoms with Gasteiger partial charge in [0, 0.05) is 6.42 Å². The molecule has 0 atom stereocenters. The summed E-state index contributed by atoms with van der Waals surface area (Å²) in [5, 5.41) is 21.3. The van der Waals surface area contributed by atoms with Crippen molar-refractivity contribution in [3.05, 3.63) is 70.2 Å². The highest BCUT2D eigenvalue weighted by Gasteiger charge is 2.13. The molecule has 0 bridgehead atoms. The van der Waals surface area contributed by atoms with Crippen LogP contribution >= 0.6 is 11.3 Å². The Morgan fingerprint density at radius 1 is 1.12 bits per heavy atom. The van der Waals surface area contributed by atoms with E-state index < -0.39 is 5.91 Å². The van der Waals surface area contributed by atoms with Crippen LogP contribution in [0.2, 0.25) is 0 Å². The molecule has 8 heteroatoms. The molecule has 2 aromatic carbocycles. The molecule has 0 spiro atoms. The molecular formula is C25H26N4O3S. The fourth-order valence-electron chi connectivity index (χ4n) is 2.91. The highest BCUT2D eigenvalue weighted by Crippen LogP contribution is 2.20. The summed E-state index contributed by atoms with van der Waals surface area (Å²) in [4.78, 5) is 12.5. The van der Waals surface area contributed by atoms with Crippen LogP contribution in [0.3, 0.4) is 0 Å². The highest BCUT2D eigenvalue weighted by atomic mass is 32.1. The minimum atomic E-state index is -0.515. The molecule has 1 N–H and O–H groups in total. The first-order valence-electron chi connectivity index (χ1n) is 10.6. The third-order valence-corrected chi connectivity index (χ3v) is 5.39. The largest absolute Gasteiger partial charge is 0.490 e. The first-order chi connectivity index (χ1) is 15.9. The molecule has 0 aliphatic rings. The number of nitriles is 1. The summed E-state index contributed by atoms with van der Waals surface area (Å²) < 4.78 is 11.4. The lowest BCUT2D eigenvalue weighted by Gasteiger charge is -2.10. The van der Waals surface area contributed by atoms with Gasteiger partial charge < -0.3 is 9.47 Å². The molecule has 7 nitrogen and oxygen atoms in total. The lowest BCUT2D eigenvalue weighted by Crippen LogP contribution is -2.13. The van der Waals surface area contributed by atoms with Crippen LogP contribution in [0.25, 0.3) is 6.08 Å². The number of nitrogens with one attached hydrogen (secondary N) is 1. The Bertz CT molecular complexity index is 1150. The van der Waals surface area contributed by atoms with Crippen LogP contribution in [-0.4, -0.2) is 29.3 Å². The van der Waals surface area contributed by atoms with Gasteiger partial charge in [-0.3, -0.25) is 10.1 Å². The average molecular weight is 463 g/mol. The Hall–Kier alpha value is -3.70. The summed E-state index contributed by atoms with van der Waals surface area (Å²) in [7, 11) is 0. The van der Waals surface area contributed by atoms with Gasteiger partial charge in [-0.05, 0) is 48.2 Å². The van der Waals surface area contributed by atoms with Crippen LogP contribution in [0.4, 0.5) is 5.13 Å². The predicted molar refractivity (Wildman–Crippen MR) is 129 cm³/mol. The maximum absolute atomic E-state index is 12.5. The number of nitrogens with zero attached hydrogens (tertiary/aromatic N) is 3. The molecule has 0 saturated heterocycles. The van der Waals surface area contributed by atoms with Crippen molar-refractivity contribution in [1.29, 1.82) is 5.26 Å². The monoisotopic (exact) mass is 462 g/mol. The zero-order valence-electron chi connectivity index (χ0n) is 18.9. The van der Waals surface area contributed by atoms with Gasteiger partial charge in [0.15, 0.2) is 0 Å². The fraction of sp³-hybridized carbons (Fsp3) is 0.280. The zero-order chi connectivity index (χ0) is 23.6. The van der Waals surface area contributed by atoms with Crippen LogP contribution in [0.15, 0.2) is 54.1 Å². The summed E-state index contributed by atoms with van der Waals surface area (Å²) in [5.74, 6) is 1.45. The Kier molecular flexibility index (Phi) is 8.56. The van der Waals surface area contributed by atoms with E-state index in [0.717, 1.165) is 22.7 Å². The molecule has 33 heavy (non-hydrogen) atoms. The highest BCUT2D eigenvalue weighted by molar-refractivity contribution is 7.15. The molecule has 0 radical (unpaired) electrons. The van der Waals surface area contributed by atoms with Gasteiger partial charge in [0.05, 0.1) is 0 Å². The van der Waals surface area contributed by atoms with Crippen LogP contribution in [0.1, 0.15) is 30.0 Å². The van der Waals surface area contributed by atoms with Gasteiger partial charge in [-0.1, -0.05) is 55.5 Å². The molecule has 0 saturated carbocycles. The second-order valence-corrected chi connectivity index (χ2v) is 8.82. The third kappa shape index (κ3) is 7.44. The third-order valence-electron chi connectivity index (χ3n) is 4.53. The molecule has 1 heterocycles. The first kappa shape index (κ1) is 24.0. The number of benzene rings is 2. The predicted octanol–water partition coefficient (Wildman–Crippen LogP) is 5.05. The maximum atomic E-state index is 12.5. The van der Waals surface area contributed by atoms with Crippen molar-refractivity contribution in [2.24, 2.45) is 5.92 Å². The summed E-state index contributed by atoms with van der Waals surface area (Å²) >= 11 is 1.32. The Morgan fingerprint density at radius 3 is 2.55 bits per heavy atom. The number of carbonyl (C=O) groups is 1. The van der Waals surface area contributed by atoms with Gasteiger partial charge in [0.1, 0.15) is 41.4 Å². The quantitative estimate of drug-likeness (QED) is 0.257.